The summed E-state index contributed by atoms with van der Waals surface area (Å²) in [4.78, 5) is 0. The molecule has 0 spiro atoms. The van der Waals surface area contributed by atoms with Crippen molar-refractivity contribution in [3.63, 3.8) is 0 Å². The van der Waals surface area contributed by atoms with Crippen molar-refractivity contribution in [2.45, 2.75) is 31.5 Å². The zero-order valence-corrected chi connectivity index (χ0v) is 7.98. The van der Waals surface area contributed by atoms with Gasteiger partial charge in [-0.2, -0.15) is 0 Å². The van der Waals surface area contributed by atoms with Crippen LogP contribution in [0, 0.1) is 0 Å². The first-order valence-corrected chi connectivity index (χ1v) is 4.91. The summed E-state index contributed by atoms with van der Waals surface area (Å²) in [6.07, 6.45) is 0.961. The fraction of sp³-hybridized carbons (Fsp3) is 0.455. The van der Waals surface area contributed by atoms with Crippen molar-refractivity contribution in [2.75, 3.05) is 5.73 Å². The van der Waals surface area contributed by atoms with Gasteiger partial charge >= 0.3 is 0 Å². The number of nitrogens with two attached hydrogens (primary N) is 1. The van der Waals surface area contributed by atoms with E-state index < -0.39 is 12.2 Å². The largest absolute Gasteiger partial charge is 0.399 e. The molecule has 0 fully saturated rings. The summed E-state index contributed by atoms with van der Waals surface area (Å²) >= 11 is 0. The molecule has 1 aromatic carbocycles. The number of benzene rings is 1. The van der Waals surface area contributed by atoms with E-state index in [9.17, 15) is 10.2 Å². The number of hydrogen-bond donors (Lipinski definition) is 3. The zero-order chi connectivity index (χ0) is 10.1. The van der Waals surface area contributed by atoms with E-state index >= 15 is 0 Å². The van der Waals surface area contributed by atoms with Gasteiger partial charge < -0.3 is 15.9 Å². The Balaban J connectivity index is 2.39. The Morgan fingerprint density at radius 2 is 2.07 bits per heavy atom. The molecular weight excluding hydrogens is 178 g/mol. The van der Waals surface area contributed by atoms with Crippen molar-refractivity contribution >= 4 is 5.69 Å². The molecule has 0 bridgehead atoms. The van der Waals surface area contributed by atoms with E-state index in [0.717, 1.165) is 17.5 Å². The third-order valence-electron chi connectivity index (χ3n) is 2.77. The van der Waals surface area contributed by atoms with Crippen molar-refractivity contribution in [1.29, 1.82) is 0 Å². The van der Waals surface area contributed by atoms with Crippen molar-refractivity contribution < 1.29 is 10.2 Å². The minimum Gasteiger partial charge on any atom is -0.399 e. The summed E-state index contributed by atoms with van der Waals surface area (Å²) in [6.45, 7) is 0. The van der Waals surface area contributed by atoms with E-state index in [4.69, 9.17) is 5.73 Å². The molecule has 1 aliphatic rings. The van der Waals surface area contributed by atoms with Crippen LogP contribution in [0.15, 0.2) is 18.2 Å². The molecule has 0 aromatic heterocycles. The predicted octanol–water partition coefficient (Wildman–Crippen LogP) is 0.999. The monoisotopic (exact) mass is 193 g/mol. The number of aliphatic hydroxyl groups excluding tert-OH is 2. The summed E-state index contributed by atoms with van der Waals surface area (Å²) in [6, 6.07) is 5.58. The summed E-state index contributed by atoms with van der Waals surface area (Å²) in [5, 5.41) is 19.3. The van der Waals surface area contributed by atoms with Crippen LogP contribution in [0.1, 0.15) is 30.1 Å². The number of aliphatic hydroxyl groups is 2. The van der Waals surface area contributed by atoms with Crippen LogP contribution in [0.3, 0.4) is 0 Å². The lowest BCUT2D eigenvalue weighted by atomic mass is 10.0. The summed E-state index contributed by atoms with van der Waals surface area (Å²) in [5.74, 6) is 0. The fourth-order valence-electron chi connectivity index (χ4n) is 1.98. The molecule has 2 unspecified atom stereocenters. The van der Waals surface area contributed by atoms with Gasteiger partial charge in [-0.25, -0.2) is 0 Å². The molecule has 0 aliphatic heterocycles. The van der Waals surface area contributed by atoms with E-state index in [1.165, 1.54) is 0 Å². The highest BCUT2D eigenvalue weighted by Crippen LogP contribution is 2.29. The lowest BCUT2D eigenvalue weighted by Gasteiger charge is -2.13. The smallest absolute Gasteiger partial charge is 0.0818 e. The second-order valence-electron chi connectivity index (χ2n) is 3.90. The SMILES string of the molecule is Nc1ccc2c(c1)C(O)CC(O)CC2. The average Bonchev–Trinajstić information content (AvgIpc) is 2.27. The van der Waals surface area contributed by atoms with Gasteiger partial charge in [0.15, 0.2) is 0 Å². The van der Waals surface area contributed by atoms with Gasteiger partial charge in [0.05, 0.1) is 12.2 Å². The zero-order valence-electron chi connectivity index (χ0n) is 7.98. The summed E-state index contributed by atoms with van der Waals surface area (Å²) in [5.41, 5.74) is 8.30. The first-order valence-electron chi connectivity index (χ1n) is 4.91. The predicted molar refractivity (Wildman–Crippen MR) is 54.8 cm³/mol. The third-order valence-corrected chi connectivity index (χ3v) is 2.77. The summed E-state index contributed by atoms with van der Waals surface area (Å²) < 4.78 is 0. The first kappa shape index (κ1) is 9.49. The highest BCUT2D eigenvalue weighted by atomic mass is 16.3. The Bertz CT molecular complexity index is 338. The van der Waals surface area contributed by atoms with Gasteiger partial charge in [0.25, 0.3) is 0 Å². The van der Waals surface area contributed by atoms with Crippen molar-refractivity contribution in [3.8, 4) is 0 Å². The Labute approximate surface area is 83.2 Å². The van der Waals surface area contributed by atoms with Gasteiger partial charge in [-0.1, -0.05) is 6.07 Å². The van der Waals surface area contributed by atoms with Crippen molar-refractivity contribution in [1.82, 2.24) is 0 Å². The molecule has 0 radical (unpaired) electrons. The maximum Gasteiger partial charge on any atom is 0.0818 e. The number of anilines is 1. The average molecular weight is 193 g/mol. The second kappa shape index (κ2) is 3.59. The molecule has 2 rings (SSSR count). The lowest BCUT2D eigenvalue weighted by molar-refractivity contribution is 0.0816. The van der Waals surface area contributed by atoms with Crippen LogP contribution in [0.2, 0.25) is 0 Å². The molecule has 0 saturated carbocycles. The van der Waals surface area contributed by atoms with Crippen LogP contribution in [0.5, 0.6) is 0 Å². The van der Waals surface area contributed by atoms with Gasteiger partial charge in [0, 0.05) is 12.1 Å². The summed E-state index contributed by atoms with van der Waals surface area (Å²) in [7, 11) is 0. The van der Waals surface area contributed by atoms with Gasteiger partial charge in [0.1, 0.15) is 0 Å². The second-order valence-corrected chi connectivity index (χ2v) is 3.90. The van der Waals surface area contributed by atoms with Gasteiger partial charge in [-0.3, -0.25) is 0 Å². The van der Waals surface area contributed by atoms with Crippen LogP contribution in [0.4, 0.5) is 5.69 Å². The molecule has 76 valence electrons. The Hall–Kier alpha value is -1.06. The Kier molecular flexibility index (Phi) is 2.44. The van der Waals surface area contributed by atoms with Crippen molar-refractivity contribution in [2.24, 2.45) is 0 Å². The van der Waals surface area contributed by atoms with E-state index in [2.05, 4.69) is 0 Å². The number of hydrogen-bond acceptors (Lipinski definition) is 3. The molecule has 3 heteroatoms. The van der Waals surface area contributed by atoms with Crippen LogP contribution < -0.4 is 5.73 Å². The van der Waals surface area contributed by atoms with Gasteiger partial charge in [-0.15, -0.1) is 0 Å². The minimum absolute atomic E-state index is 0.404. The standard InChI is InChI=1S/C11H15NO2/c12-8-3-1-7-2-4-9(13)6-11(14)10(7)5-8/h1,3,5,9,11,13-14H,2,4,6,12H2. The number of fused-ring (bicyclic) bond motifs is 1. The number of nitrogen functional groups attached to an aromatic ring is 1. The Morgan fingerprint density at radius 1 is 1.29 bits per heavy atom. The van der Waals surface area contributed by atoms with E-state index in [0.29, 0.717) is 18.5 Å². The van der Waals surface area contributed by atoms with E-state index in [1.807, 2.05) is 12.1 Å². The third kappa shape index (κ3) is 1.74. The number of aryl methyl sites for hydroxylation is 1. The molecule has 1 aromatic rings. The quantitative estimate of drug-likeness (QED) is 0.425. The van der Waals surface area contributed by atoms with Crippen LogP contribution in [-0.4, -0.2) is 16.3 Å². The normalized spacial score (nSPS) is 26.7. The molecule has 0 heterocycles. The topological polar surface area (TPSA) is 66.5 Å². The maximum atomic E-state index is 9.82. The van der Waals surface area contributed by atoms with E-state index in [1.54, 1.807) is 6.07 Å². The first-order chi connectivity index (χ1) is 6.66. The molecular formula is C11H15NO2. The molecule has 1 aliphatic carbocycles. The van der Waals surface area contributed by atoms with Crippen LogP contribution in [-0.2, 0) is 6.42 Å². The van der Waals surface area contributed by atoms with Gasteiger partial charge in [-0.05, 0) is 36.1 Å². The molecule has 0 saturated heterocycles. The van der Waals surface area contributed by atoms with Crippen molar-refractivity contribution in [3.05, 3.63) is 29.3 Å². The fourth-order valence-corrected chi connectivity index (χ4v) is 1.98. The maximum absolute atomic E-state index is 9.82. The van der Waals surface area contributed by atoms with Crippen LogP contribution >= 0.6 is 0 Å². The van der Waals surface area contributed by atoms with E-state index in [-0.39, 0.29) is 0 Å². The van der Waals surface area contributed by atoms with Crippen LogP contribution in [0.25, 0.3) is 0 Å². The molecule has 4 N–H and O–H groups in total. The lowest BCUT2D eigenvalue weighted by Crippen LogP contribution is -2.09. The molecule has 0 amide bonds. The minimum atomic E-state index is -0.578. The number of rotatable bonds is 0. The highest BCUT2D eigenvalue weighted by molar-refractivity contribution is 5.46. The highest BCUT2D eigenvalue weighted by Gasteiger charge is 2.21. The molecule has 3 nitrogen and oxygen atoms in total. The van der Waals surface area contributed by atoms with Gasteiger partial charge in [0.2, 0.25) is 0 Å². The Morgan fingerprint density at radius 3 is 2.86 bits per heavy atom. The molecule has 2 atom stereocenters. The molecule has 14 heavy (non-hydrogen) atoms.